The van der Waals surface area contributed by atoms with Crippen molar-refractivity contribution in [3.63, 3.8) is 0 Å². The maximum Gasteiger partial charge on any atom is 0.238 e. The summed E-state index contributed by atoms with van der Waals surface area (Å²) in [5.41, 5.74) is 6.54. The van der Waals surface area contributed by atoms with Crippen molar-refractivity contribution in [1.29, 1.82) is 0 Å². The van der Waals surface area contributed by atoms with E-state index in [2.05, 4.69) is 10.2 Å². The third-order valence-corrected chi connectivity index (χ3v) is 3.85. The van der Waals surface area contributed by atoms with Gasteiger partial charge in [0.2, 0.25) is 5.91 Å². The fourth-order valence-electron chi connectivity index (χ4n) is 2.21. The summed E-state index contributed by atoms with van der Waals surface area (Å²) in [6, 6.07) is 5.21. The number of hydrogen-bond acceptors (Lipinski definition) is 3. The normalized spacial score (nSPS) is 19.2. The van der Waals surface area contributed by atoms with Crippen LogP contribution < -0.4 is 11.1 Å². The van der Waals surface area contributed by atoms with E-state index in [0.717, 1.165) is 25.9 Å². The van der Waals surface area contributed by atoms with E-state index in [1.807, 2.05) is 0 Å². The molecule has 0 aromatic heterocycles. The van der Waals surface area contributed by atoms with E-state index in [9.17, 15) is 4.79 Å². The number of anilines is 1. The molecule has 1 fully saturated rings. The summed E-state index contributed by atoms with van der Waals surface area (Å²) < 4.78 is 0. The molecule has 4 nitrogen and oxygen atoms in total. The van der Waals surface area contributed by atoms with E-state index in [-0.39, 0.29) is 24.4 Å². The highest BCUT2D eigenvalue weighted by Gasteiger charge is 2.18. The molecular formula is C13H18Cl3N3O. The van der Waals surface area contributed by atoms with Gasteiger partial charge in [-0.25, -0.2) is 0 Å². The lowest BCUT2D eigenvalue weighted by atomic mass is 10.1. The molecule has 2 rings (SSSR count). The number of nitrogens with zero attached hydrogens (tertiary/aromatic N) is 1. The molecule has 1 atom stereocenters. The van der Waals surface area contributed by atoms with Crippen LogP contribution in [-0.4, -0.2) is 36.5 Å². The number of hydrogen-bond donors (Lipinski definition) is 2. The Morgan fingerprint density at radius 1 is 1.40 bits per heavy atom. The zero-order chi connectivity index (χ0) is 13.8. The van der Waals surface area contributed by atoms with Crippen LogP contribution in [0, 0.1) is 0 Å². The first kappa shape index (κ1) is 17.5. The highest BCUT2D eigenvalue weighted by molar-refractivity contribution is 6.42. The van der Waals surface area contributed by atoms with Crippen LogP contribution in [0.15, 0.2) is 18.2 Å². The average Bonchev–Trinajstić information content (AvgIpc) is 2.34. The van der Waals surface area contributed by atoms with E-state index in [0.29, 0.717) is 22.3 Å². The van der Waals surface area contributed by atoms with Gasteiger partial charge >= 0.3 is 0 Å². The maximum atomic E-state index is 11.9. The summed E-state index contributed by atoms with van der Waals surface area (Å²) in [4.78, 5) is 14.0. The summed E-state index contributed by atoms with van der Waals surface area (Å²) in [6.45, 7) is 2.05. The summed E-state index contributed by atoms with van der Waals surface area (Å²) >= 11 is 11.7. The van der Waals surface area contributed by atoms with Crippen molar-refractivity contribution >= 4 is 47.2 Å². The zero-order valence-corrected chi connectivity index (χ0v) is 13.3. The smallest absolute Gasteiger partial charge is 0.238 e. The number of benzene rings is 1. The monoisotopic (exact) mass is 337 g/mol. The van der Waals surface area contributed by atoms with Crippen molar-refractivity contribution in [2.45, 2.75) is 18.9 Å². The Kier molecular flexibility index (Phi) is 7.06. The molecule has 1 aliphatic rings. The van der Waals surface area contributed by atoms with Crippen molar-refractivity contribution in [2.24, 2.45) is 5.73 Å². The van der Waals surface area contributed by atoms with Gasteiger partial charge in [0.25, 0.3) is 0 Å². The number of piperidine rings is 1. The summed E-state index contributed by atoms with van der Waals surface area (Å²) in [5.74, 6) is -0.0625. The first-order valence-corrected chi connectivity index (χ1v) is 7.03. The molecule has 7 heteroatoms. The fraction of sp³-hybridized carbons (Fsp3) is 0.462. The Morgan fingerprint density at radius 3 is 2.80 bits per heavy atom. The SMILES string of the molecule is Cl.NC1CCCN(CC(=O)Nc2ccc(Cl)c(Cl)c2)C1. The van der Waals surface area contributed by atoms with Crippen molar-refractivity contribution in [1.82, 2.24) is 4.90 Å². The van der Waals surface area contributed by atoms with Crippen LogP contribution in [-0.2, 0) is 4.79 Å². The Morgan fingerprint density at radius 2 is 2.15 bits per heavy atom. The van der Waals surface area contributed by atoms with Gasteiger partial charge < -0.3 is 11.1 Å². The van der Waals surface area contributed by atoms with Gasteiger partial charge in [-0.05, 0) is 37.6 Å². The van der Waals surface area contributed by atoms with Crippen LogP contribution in [0.25, 0.3) is 0 Å². The van der Waals surface area contributed by atoms with Crippen LogP contribution in [0.1, 0.15) is 12.8 Å². The molecular weight excluding hydrogens is 321 g/mol. The Balaban J connectivity index is 0.00000200. The Hall–Kier alpha value is -0.520. The molecule has 0 aliphatic carbocycles. The van der Waals surface area contributed by atoms with E-state index in [1.165, 1.54) is 0 Å². The molecule has 1 amide bonds. The van der Waals surface area contributed by atoms with Crippen molar-refractivity contribution < 1.29 is 4.79 Å². The van der Waals surface area contributed by atoms with E-state index < -0.39 is 0 Å². The van der Waals surface area contributed by atoms with E-state index in [4.69, 9.17) is 28.9 Å². The van der Waals surface area contributed by atoms with Gasteiger partial charge in [0.05, 0.1) is 16.6 Å². The quantitative estimate of drug-likeness (QED) is 0.891. The molecule has 3 N–H and O–H groups in total. The lowest BCUT2D eigenvalue weighted by Crippen LogP contribution is -2.45. The van der Waals surface area contributed by atoms with Crippen LogP contribution in [0.2, 0.25) is 10.0 Å². The molecule has 1 aromatic carbocycles. The Bertz CT molecular complexity index is 470. The van der Waals surface area contributed by atoms with Crippen molar-refractivity contribution in [3.05, 3.63) is 28.2 Å². The second-order valence-electron chi connectivity index (χ2n) is 4.81. The number of rotatable bonds is 3. The minimum atomic E-state index is -0.0625. The molecule has 20 heavy (non-hydrogen) atoms. The number of nitrogens with one attached hydrogen (secondary N) is 1. The zero-order valence-electron chi connectivity index (χ0n) is 10.9. The van der Waals surface area contributed by atoms with E-state index >= 15 is 0 Å². The first-order chi connectivity index (χ1) is 9.04. The summed E-state index contributed by atoms with van der Waals surface area (Å²) in [7, 11) is 0. The van der Waals surface area contributed by atoms with Gasteiger partial charge in [0.15, 0.2) is 0 Å². The van der Waals surface area contributed by atoms with Gasteiger partial charge in [-0.15, -0.1) is 12.4 Å². The largest absolute Gasteiger partial charge is 0.327 e. The minimum absolute atomic E-state index is 0. The lowest BCUT2D eigenvalue weighted by molar-refractivity contribution is -0.117. The van der Waals surface area contributed by atoms with Crippen LogP contribution in [0.4, 0.5) is 5.69 Å². The molecule has 0 spiro atoms. The molecule has 0 radical (unpaired) electrons. The molecule has 0 bridgehead atoms. The van der Waals surface area contributed by atoms with Crippen LogP contribution in [0.3, 0.4) is 0 Å². The van der Waals surface area contributed by atoms with Crippen molar-refractivity contribution in [3.8, 4) is 0 Å². The second-order valence-corrected chi connectivity index (χ2v) is 5.63. The second kappa shape index (κ2) is 8.05. The van der Waals surface area contributed by atoms with Gasteiger partial charge in [0, 0.05) is 18.3 Å². The number of nitrogens with two attached hydrogens (primary N) is 1. The minimum Gasteiger partial charge on any atom is -0.327 e. The standard InChI is InChI=1S/C13H17Cl2N3O.ClH/c14-11-4-3-10(6-12(11)15)17-13(19)8-18-5-1-2-9(16)7-18;/h3-4,6,9H,1-2,5,7-8,16H2,(H,17,19);1H. The summed E-state index contributed by atoms with van der Waals surface area (Å²) in [6.07, 6.45) is 2.08. The van der Waals surface area contributed by atoms with Gasteiger partial charge in [-0.1, -0.05) is 23.2 Å². The van der Waals surface area contributed by atoms with Gasteiger partial charge in [-0.2, -0.15) is 0 Å². The molecule has 0 saturated carbocycles. The topological polar surface area (TPSA) is 58.4 Å². The van der Waals surface area contributed by atoms with Crippen molar-refractivity contribution in [2.75, 3.05) is 25.0 Å². The maximum absolute atomic E-state index is 11.9. The number of likely N-dealkylation sites (tertiary alicyclic amines) is 1. The van der Waals surface area contributed by atoms with Crippen LogP contribution >= 0.6 is 35.6 Å². The third kappa shape index (κ3) is 5.11. The molecule has 1 aromatic rings. The van der Waals surface area contributed by atoms with Gasteiger partial charge in [-0.3, -0.25) is 9.69 Å². The number of carbonyl (C=O) groups excluding carboxylic acids is 1. The Labute approximate surface area is 135 Å². The lowest BCUT2D eigenvalue weighted by Gasteiger charge is -2.29. The molecule has 1 unspecified atom stereocenters. The number of halogens is 3. The summed E-state index contributed by atoms with van der Waals surface area (Å²) in [5, 5.41) is 3.71. The molecule has 112 valence electrons. The first-order valence-electron chi connectivity index (χ1n) is 6.27. The fourth-order valence-corrected chi connectivity index (χ4v) is 2.51. The number of carbonyl (C=O) groups is 1. The number of amides is 1. The predicted molar refractivity (Wildman–Crippen MR) is 86.0 cm³/mol. The van der Waals surface area contributed by atoms with E-state index in [1.54, 1.807) is 18.2 Å². The highest BCUT2D eigenvalue weighted by atomic mass is 35.5. The van der Waals surface area contributed by atoms with Gasteiger partial charge in [0.1, 0.15) is 0 Å². The highest BCUT2D eigenvalue weighted by Crippen LogP contribution is 2.24. The van der Waals surface area contributed by atoms with Crippen LogP contribution in [0.5, 0.6) is 0 Å². The average molecular weight is 339 g/mol. The molecule has 1 saturated heterocycles. The predicted octanol–water partition coefficient (Wildman–Crippen LogP) is 2.78. The molecule has 1 aliphatic heterocycles. The third-order valence-electron chi connectivity index (χ3n) is 3.11. The molecule has 1 heterocycles.